The number of hydrogen-bond donors (Lipinski definition) is 2. The van der Waals surface area contributed by atoms with Gasteiger partial charge in [0.15, 0.2) is 0 Å². The highest BCUT2D eigenvalue weighted by Crippen LogP contribution is 2.33. The minimum atomic E-state index is -0.643. The van der Waals surface area contributed by atoms with Gasteiger partial charge in [0.05, 0.1) is 13.0 Å². The first-order chi connectivity index (χ1) is 12.0. The lowest BCUT2D eigenvalue weighted by Gasteiger charge is -2.16. The summed E-state index contributed by atoms with van der Waals surface area (Å²) in [6.45, 7) is 0.0772. The highest BCUT2D eigenvalue weighted by atomic mass is 35.5. The van der Waals surface area contributed by atoms with Crippen LogP contribution in [0.1, 0.15) is 21.8 Å². The fraction of sp³-hybridized carbons (Fsp3) is 0.167. The predicted octanol–water partition coefficient (Wildman–Crippen LogP) is 3.26. The standard InChI is InChI=1S/C18H15ClN2O4/c1-24-12-6-7-13(14-9-25-18(23)16(14)20)15(8-12)21-17(22)10-2-4-11(19)5-3-10/h2-8,14,20H,9H2,1H3,(H,21,22)/t14-/m0/s1. The molecular formula is C18H15ClN2O4. The average Bonchev–Trinajstić information content (AvgIpc) is 2.94. The second-order valence-electron chi connectivity index (χ2n) is 5.48. The third kappa shape index (κ3) is 3.49. The summed E-state index contributed by atoms with van der Waals surface area (Å²) in [5.41, 5.74) is 1.39. The van der Waals surface area contributed by atoms with E-state index < -0.39 is 11.9 Å². The van der Waals surface area contributed by atoms with Crippen molar-refractivity contribution in [3.05, 3.63) is 58.6 Å². The van der Waals surface area contributed by atoms with Crippen molar-refractivity contribution in [2.75, 3.05) is 19.0 Å². The first kappa shape index (κ1) is 17.0. The largest absolute Gasteiger partial charge is 0.497 e. The van der Waals surface area contributed by atoms with Crippen LogP contribution in [0.25, 0.3) is 0 Å². The number of cyclic esters (lactones) is 1. The number of nitrogens with one attached hydrogen (secondary N) is 2. The topological polar surface area (TPSA) is 88.5 Å². The van der Waals surface area contributed by atoms with Gasteiger partial charge in [-0.15, -0.1) is 0 Å². The Hall–Kier alpha value is -2.86. The van der Waals surface area contributed by atoms with Gasteiger partial charge in [0.25, 0.3) is 5.91 Å². The van der Waals surface area contributed by atoms with Gasteiger partial charge >= 0.3 is 5.97 Å². The summed E-state index contributed by atoms with van der Waals surface area (Å²) in [4.78, 5) is 24.0. The lowest BCUT2D eigenvalue weighted by molar-refractivity contribution is -0.132. The van der Waals surface area contributed by atoms with Crippen LogP contribution in [0.5, 0.6) is 5.75 Å². The molecule has 0 aromatic heterocycles. The number of carbonyl (C=O) groups is 2. The van der Waals surface area contributed by atoms with E-state index in [-0.39, 0.29) is 18.2 Å². The molecule has 0 bridgehead atoms. The molecule has 128 valence electrons. The summed E-state index contributed by atoms with van der Waals surface area (Å²) in [5, 5.41) is 11.2. The molecule has 1 heterocycles. The number of halogens is 1. The van der Waals surface area contributed by atoms with E-state index in [9.17, 15) is 9.59 Å². The fourth-order valence-electron chi connectivity index (χ4n) is 2.58. The summed E-state index contributed by atoms with van der Waals surface area (Å²) < 4.78 is 10.1. The van der Waals surface area contributed by atoms with Crippen molar-refractivity contribution in [1.82, 2.24) is 0 Å². The van der Waals surface area contributed by atoms with Crippen LogP contribution < -0.4 is 10.1 Å². The van der Waals surface area contributed by atoms with E-state index in [2.05, 4.69) is 5.32 Å². The molecule has 1 fully saturated rings. The smallest absolute Gasteiger partial charge is 0.352 e. The van der Waals surface area contributed by atoms with Crippen LogP contribution in [0.4, 0.5) is 5.69 Å². The number of anilines is 1. The van der Waals surface area contributed by atoms with Gasteiger partial charge in [0, 0.05) is 22.3 Å². The van der Waals surface area contributed by atoms with Crippen molar-refractivity contribution in [3.8, 4) is 5.75 Å². The number of ether oxygens (including phenoxy) is 2. The highest BCUT2D eigenvalue weighted by Gasteiger charge is 2.34. The van der Waals surface area contributed by atoms with Crippen molar-refractivity contribution < 1.29 is 19.1 Å². The van der Waals surface area contributed by atoms with Gasteiger partial charge < -0.3 is 14.8 Å². The minimum Gasteiger partial charge on any atom is -0.497 e. The summed E-state index contributed by atoms with van der Waals surface area (Å²) in [5.74, 6) is -0.954. The Morgan fingerprint density at radius 1 is 1.28 bits per heavy atom. The molecule has 1 aliphatic rings. The van der Waals surface area contributed by atoms with E-state index in [1.807, 2.05) is 0 Å². The van der Waals surface area contributed by atoms with E-state index in [1.165, 1.54) is 7.11 Å². The van der Waals surface area contributed by atoms with Gasteiger partial charge in [0.2, 0.25) is 0 Å². The molecule has 2 N–H and O–H groups in total. The zero-order valence-corrected chi connectivity index (χ0v) is 14.1. The van der Waals surface area contributed by atoms with Crippen molar-refractivity contribution in [2.24, 2.45) is 0 Å². The second kappa shape index (κ2) is 6.94. The third-order valence-electron chi connectivity index (χ3n) is 3.94. The Labute approximate surface area is 149 Å². The number of amides is 1. The molecule has 2 aromatic rings. The monoisotopic (exact) mass is 358 g/mol. The number of methoxy groups -OCH3 is 1. The lowest BCUT2D eigenvalue weighted by Crippen LogP contribution is -2.17. The van der Waals surface area contributed by atoms with E-state index in [1.54, 1.807) is 42.5 Å². The number of rotatable bonds is 4. The SMILES string of the molecule is COc1ccc([C@@H]2COC(=O)C2=N)c(NC(=O)c2ccc(Cl)cc2)c1. The Morgan fingerprint density at radius 3 is 2.60 bits per heavy atom. The second-order valence-corrected chi connectivity index (χ2v) is 5.92. The molecule has 25 heavy (non-hydrogen) atoms. The van der Waals surface area contributed by atoms with Gasteiger partial charge in [-0.1, -0.05) is 17.7 Å². The van der Waals surface area contributed by atoms with Gasteiger partial charge in [-0.25, -0.2) is 4.79 Å². The average molecular weight is 359 g/mol. The van der Waals surface area contributed by atoms with Gasteiger partial charge in [0.1, 0.15) is 18.1 Å². The van der Waals surface area contributed by atoms with Crippen LogP contribution in [0, 0.1) is 5.41 Å². The molecule has 1 saturated heterocycles. The molecule has 0 spiro atoms. The zero-order valence-electron chi connectivity index (χ0n) is 13.3. The molecule has 0 radical (unpaired) electrons. The van der Waals surface area contributed by atoms with Crippen LogP contribution in [0.15, 0.2) is 42.5 Å². The Balaban J connectivity index is 1.93. The van der Waals surface area contributed by atoms with Crippen LogP contribution in [0.3, 0.4) is 0 Å². The van der Waals surface area contributed by atoms with Crippen molar-refractivity contribution >= 4 is 34.9 Å². The number of benzene rings is 2. The Morgan fingerprint density at radius 2 is 2.00 bits per heavy atom. The Kier molecular flexibility index (Phi) is 4.72. The van der Waals surface area contributed by atoms with E-state index >= 15 is 0 Å². The summed E-state index contributed by atoms with van der Waals surface area (Å²) in [6.07, 6.45) is 0. The number of esters is 1. The molecular weight excluding hydrogens is 344 g/mol. The molecule has 0 unspecified atom stereocenters. The first-order valence-electron chi connectivity index (χ1n) is 7.50. The zero-order chi connectivity index (χ0) is 18.0. The van der Waals surface area contributed by atoms with Crippen LogP contribution in [0.2, 0.25) is 5.02 Å². The molecule has 1 aliphatic heterocycles. The highest BCUT2D eigenvalue weighted by molar-refractivity contribution is 6.39. The maximum Gasteiger partial charge on any atom is 0.352 e. The van der Waals surface area contributed by atoms with E-state index in [0.717, 1.165) is 0 Å². The molecule has 0 aliphatic carbocycles. The van der Waals surface area contributed by atoms with E-state index in [0.29, 0.717) is 27.6 Å². The minimum absolute atomic E-state index is 0.0772. The first-order valence-corrected chi connectivity index (χ1v) is 7.88. The molecule has 7 heteroatoms. The Bertz CT molecular complexity index is 849. The van der Waals surface area contributed by atoms with Crippen molar-refractivity contribution in [3.63, 3.8) is 0 Å². The molecule has 0 saturated carbocycles. The molecule has 3 rings (SSSR count). The number of hydrogen-bond acceptors (Lipinski definition) is 5. The molecule has 6 nitrogen and oxygen atoms in total. The van der Waals surface area contributed by atoms with Crippen LogP contribution >= 0.6 is 11.6 Å². The molecule has 1 atom stereocenters. The van der Waals surface area contributed by atoms with Crippen LogP contribution in [-0.2, 0) is 9.53 Å². The molecule has 1 amide bonds. The quantitative estimate of drug-likeness (QED) is 0.821. The van der Waals surface area contributed by atoms with Crippen LogP contribution in [-0.4, -0.2) is 31.3 Å². The van der Waals surface area contributed by atoms with Gasteiger partial charge in [-0.05, 0) is 35.9 Å². The maximum absolute atomic E-state index is 12.5. The fourth-order valence-corrected chi connectivity index (χ4v) is 2.70. The van der Waals surface area contributed by atoms with Gasteiger partial charge in [-0.3, -0.25) is 10.2 Å². The van der Waals surface area contributed by atoms with Gasteiger partial charge in [-0.2, -0.15) is 0 Å². The summed E-state index contributed by atoms with van der Waals surface area (Å²) in [6, 6.07) is 11.6. The predicted molar refractivity (Wildman–Crippen MR) is 93.8 cm³/mol. The third-order valence-corrected chi connectivity index (χ3v) is 4.19. The maximum atomic E-state index is 12.5. The summed E-state index contributed by atoms with van der Waals surface area (Å²) in [7, 11) is 1.52. The number of carbonyl (C=O) groups excluding carboxylic acids is 2. The normalized spacial score (nSPS) is 16.5. The van der Waals surface area contributed by atoms with Crippen molar-refractivity contribution in [1.29, 1.82) is 5.41 Å². The van der Waals surface area contributed by atoms with E-state index in [4.69, 9.17) is 26.5 Å². The summed E-state index contributed by atoms with van der Waals surface area (Å²) >= 11 is 5.84. The van der Waals surface area contributed by atoms with Crippen molar-refractivity contribution in [2.45, 2.75) is 5.92 Å². The lowest BCUT2D eigenvalue weighted by atomic mass is 9.94. The molecule has 2 aromatic carbocycles.